The summed E-state index contributed by atoms with van der Waals surface area (Å²) in [5, 5.41) is 11.9. The Morgan fingerprint density at radius 3 is 3.20 bits per heavy atom. The Hall–Kier alpha value is -1.69. The molecule has 15 heavy (non-hydrogen) atoms. The largest absolute Gasteiger partial charge is 0.489 e. The van der Waals surface area contributed by atoms with Crippen LogP contribution in [0.1, 0.15) is 18.9 Å². The zero-order valence-electron chi connectivity index (χ0n) is 8.79. The van der Waals surface area contributed by atoms with Crippen LogP contribution in [-0.4, -0.2) is 12.6 Å². The van der Waals surface area contributed by atoms with Gasteiger partial charge in [0.15, 0.2) is 0 Å². The summed E-state index contributed by atoms with van der Waals surface area (Å²) in [6.45, 7) is 2.70. The van der Waals surface area contributed by atoms with Gasteiger partial charge in [-0.1, -0.05) is 13.0 Å². The van der Waals surface area contributed by atoms with Crippen LogP contribution in [0.25, 0.3) is 0 Å². The van der Waals surface area contributed by atoms with Crippen molar-refractivity contribution in [3.05, 3.63) is 23.8 Å². The topological polar surface area (TPSA) is 45.0 Å². The monoisotopic (exact) mass is 202 g/mol. The number of hydrogen-bond acceptors (Lipinski definition) is 3. The van der Waals surface area contributed by atoms with Crippen LogP contribution >= 0.6 is 0 Å². The summed E-state index contributed by atoms with van der Waals surface area (Å²) in [4.78, 5) is 0. The van der Waals surface area contributed by atoms with Crippen LogP contribution in [0.5, 0.6) is 5.75 Å². The Kier molecular flexibility index (Phi) is 2.77. The maximum Gasteiger partial charge on any atom is 0.142 e. The molecule has 1 N–H and O–H groups in total. The number of nitriles is 1. The normalized spacial score (nSPS) is 18.3. The summed E-state index contributed by atoms with van der Waals surface area (Å²) >= 11 is 0. The van der Waals surface area contributed by atoms with Crippen molar-refractivity contribution in [2.45, 2.75) is 25.8 Å². The lowest BCUT2D eigenvalue weighted by Gasteiger charge is -2.26. The van der Waals surface area contributed by atoms with E-state index in [-0.39, 0.29) is 6.04 Å². The number of anilines is 1. The Morgan fingerprint density at radius 1 is 1.60 bits per heavy atom. The molecular formula is C12H14N2O. The molecule has 0 aliphatic carbocycles. The van der Waals surface area contributed by atoms with Gasteiger partial charge in [0, 0.05) is 0 Å². The summed E-state index contributed by atoms with van der Waals surface area (Å²) < 4.78 is 5.57. The van der Waals surface area contributed by atoms with E-state index in [0.29, 0.717) is 13.0 Å². The van der Waals surface area contributed by atoms with Crippen LogP contribution < -0.4 is 10.1 Å². The molecule has 0 aromatic heterocycles. The van der Waals surface area contributed by atoms with E-state index >= 15 is 0 Å². The lowest BCUT2D eigenvalue weighted by atomic mass is 10.1. The predicted molar refractivity (Wildman–Crippen MR) is 59.0 cm³/mol. The van der Waals surface area contributed by atoms with Crippen molar-refractivity contribution < 1.29 is 4.74 Å². The molecule has 3 nitrogen and oxygen atoms in total. The molecule has 0 saturated heterocycles. The average Bonchev–Trinajstić information content (AvgIpc) is 2.28. The minimum absolute atomic E-state index is 0.120. The highest BCUT2D eigenvalue weighted by molar-refractivity contribution is 5.60. The van der Waals surface area contributed by atoms with E-state index in [4.69, 9.17) is 10.00 Å². The third-order valence-electron chi connectivity index (χ3n) is 2.59. The fourth-order valence-corrected chi connectivity index (χ4v) is 1.71. The highest BCUT2D eigenvalue weighted by atomic mass is 16.5. The van der Waals surface area contributed by atoms with E-state index in [1.807, 2.05) is 6.07 Å². The van der Waals surface area contributed by atoms with E-state index in [1.165, 1.54) is 5.56 Å². The van der Waals surface area contributed by atoms with Crippen LogP contribution in [-0.2, 0) is 6.42 Å². The van der Waals surface area contributed by atoms with Crippen molar-refractivity contribution in [2.75, 3.05) is 11.9 Å². The molecule has 1 heterocycles. The number of nitrogens with zero attached hydrogens (tertiary/aromatic N) is 1. The second-order valence-corrected chi connectivity index (χ2v) is 3.70. The summed E-state index contributed by atoms with van der Waals surface area (Å²) in [5.41, 5.74) is 2.29. The predicted octanol–water partition coefficient (Wildman–Crippen LogP) is 2.34. The van der Waals surface area contributed by atoms with Gasteiger partial charge >= 0.3 is 0 Å². The van der Waals surface area contributed by atoms with Gasteiger partial charge in [0.05, 0.1) is 24.2 Å². The highest BCUT2D eigenvalue weighted by Crippen LogP contribution is 2.30. The molecule has 0 fully saturated rings. The Balaban J connectivity index is 2.20. The first-order valence-electron chi connectivity index (χ1n) is 5.22. The lowest BCUT2D eigenvalue weighted by molar-refractivity contribution is 0.285. The minimum atomic E-state index is 0.120. The molecule has 1 unspecified atom stereocenters. The molecule has 3 heteroatoms. The van der Waals surface area contributed by atoms with Gasteiger partial charge in [-0.25, -0.2) is 0 Å². The molecule has 0 radical (unpaired) electrons. The number of fused-ring (bicyclic) bond motifs is 1. The lowest BCUT2D eigenvalue weighted by Crippen LogP contribution is -2.30. The Morgan fingerprint density at radius 2 is 2.47 bits per heavy atom. The molecule has 0 amide bonds. The van der Waals surface area contributed by atoms with Gasteiger partial charge in [0.1, 0.15) is 12.4 Å². The maximum absolute atomic E-state index is 8.62. The van der Waals surface area contributed by atoms with Gasteiger partial charge in [0.25, 0.3) is 0 Å². The molecule has 0 saturated carbocycles. The summed E-state index contributed by atoms with van der Waals surface area (Å²) in [7, 11) is 0. The van der Waals surface area contributed by atoms with Crippen molar-refractivity contribution in [3.8, 4) is 11.8 Å². The summed E-state index contributed by atoms with van der Waals surface area (Å²) in [6, 6.07) is 8.43. The summed E-state index contributed by atoms with van der Waals surface area (Å²) in [5.74, 6) is 0.890. The SMILES string of the molecule is CCc1ccc2c(c1)NC(CC#N)CO2. The second-order valence-electron chi connectivity index (χ2n) is 3.70. The molecule has 1 aromatic rings. The number of aryl methyl sites for hydroxylation is 1. The quantitative estimate of drug-likeness (QED) is 0.800. The van der Waals surface area contributed by atoms with Crippen LogP contribution in [0.2, 0.25) is 0 Å². The maximum atomic E-state index is 8.62. The van der Waals surface area contributed by atoms with E-state index in [9.17, 15) is 0 Å². The fraction of sp³-hybridized carbons (Fsp3) is 0.417. The summed E-state index contributed by atoms with van der Waals surface area (Å²) in [6.07, 6.45) is 1.49. The van der Waals surface area contributed by atoms with Crippen LogP contribution in [0, 0.1) is 11.3 Å². The third kappa shape index (κ3) is 2.04. The van der Waals surface area contributed by atoms with Crippen LogP contribution in [0.15, 0.2) is 18.2 Å². The number of ether oxygens (including phenoxy) is 1. The molecule has 1 aromatic carbocycles. The first-order chi connectivity index (χ1) is 7.33. The van der Waals surface area contributed by atoms with Crippen molar-refractivity contribution >= 4 is 5.69 Å². The zero-order valence-corrected chi connectivity index (χ0v) is 8.79. The van der Waals surface area contributed by atoms with Crippen LogP contribution in [0.3, 0.4) is 0 Å². The van der Waals surface area contributed by atoms with Crippen molar-refractivity contribution in [2.24, 2.45) is 0 Å². The smallest absolute Gasteiger partial charge is 0.142 e. The van der Waals surface area contributed by atoms with E-state index < -0.39 is 0 Å². The molecule has 1 aliphatic rings. The Labute approximate surface area is 89.7 Å². The van der Waals surface area contributed by atoms with Gasteiger partial charge in [-0.2, -0.15) is 5.26 Å². The van der Waals surface area contributed by atoms with E-state index in [0.717, 1.165) is 17.9 Å². The zero-order chi connectivity index (χ0) is 10.7. The number of nitrogens with one attached hydrogen (secondary N) is 1. The Bertz CT molecular complexity index is 395. The molecule has 2 rings (SSSR count). The van der Waals surface area contributed by atoms with Crippen LogP contribution in [0.4, 0.5) is 5.69 Å². The van der Waals surface area contributed by atoms with Crippen molar-refractivity contribution in [1.82, 2.24) is 0 Å². The minimum Gasteiger partial charge on any atom is -0.489 e. The first-order valence-corrected chi connectivity index (χ1v) is 5.22. The van der Waals surface area contributed by atoms with Gasteiger partial charge in [-0.15, -0.1) is 0 Å². The molecule has 0 spiro atoms. The molecule has 78 valence electrons. The number of hydrogen-bond donors (Lipinski definition) is 1. The van der Waals surface area contributed by atoms with Crippen molar-refractivity contribution in [3.63, 3.8) is 0 Å². The highest BCUT2D eigenvalue weighted by Gasteiger charge is 2.18. The molecular weight excluding hydrogens is 188 g/mol. The standard InChI is InChI=1S/C12H14N2O/c1-2-9-3-4-12-11(7-9)14-10(5-6-13)8-15-12/h3-4,7,10,14H,2,5,8H2,1H3. The third-order valence-corrected chi connectivity index (χ3v) is 2.59. The second kappa shape index (κ2) is 4.22. The number of benzene rings is 1. The first kappa shape index (κ1) is 9.85. The van der Waals surface area contributed by atoms with Gasteiger partial charge < -0.3 is 10.1 Å². The van der Waals surface area contributed by atoms with Gasteiger partial charge in [-0.05, 0) is 24.1 Å². The van der Waals surface area contributed by atoms with Gasteiger partial charge in [0.2, 0.25) is 0 Å². The molecule has 1 aliphatic heterocycles. The molecule has 0 bridgehead atoms. The molecule has 1 atom stereocenters. The van der Waals surface area contributed by atoms with Gasteiger partial charge in [-0.3, -0.25) is 0 Å². The van der Waals surface area contributed by atoms with E-state index in [1.54, 1.807) is 0 Å². The van der Waals surface area contributed by atoms with Crippen molar-refractivity contribution in [1.29, 1.82) is 5.26 Å². The average molecular weight is 202 g/mol. The number of rotatable bonds is 2. The van der Waals surface area contributed by atoms with E-state index in [2.05, 4.69) is 30.4 Å². The fourth-order valence-electron chi connectivity index (χ4n) is 1.71.